The van der Waals surface area contributed by atoms with E-state index in [1.807, 2.05) is 12.1 Å². The number of hydrogen-bond acceptors (Lipinski definition) is 4. The third kappa shape index (κ3) is 5.60. The predicted octanol–water partition coefficient (Wildman–Crippen LogP) is 2.99. The summed E-state index contributed by atoms with van der Waals surface area (Å²) in [5.74, 6) is -0.00230. The van der Waals surface area contributed by atoms with Crippen LogP contribution in [-0.2, 0) is 11.2 Å². The van der Waals surface area contributed by atoms with Gasteiger partial charge in [-0.25, -0.2) is 0 Å². The molecule has 7 heteroatoms. The van der Waals surface area contributed by atoms with E-state index in [9.17, 15) is 14.9 Å². The number of nitrogens with zero attached hydrogens (tertiary/aromatic N) is 1. The second-order valence-electron chi connectivity index (χ2n) is 4.77. The zero-order chi connectivity index (χ0) is 16.7. The first-order valence-electron chi connectivity index (χ1n) is 6.93. The number of carbonyl (C=O) groups excluding carboxylic acids is 1. The third-order valence-electron chi connectivity index (χ3n) is 3.05. The molecular weight excluding hydrogens is 320 g/mol. The van der Waals surface area contributed by atoms with Crippen LogP contribution < -0.4 is 10.1 Å². The normalized spacial score (nSPS) is 10.1. The summed E-state index contributed by atoms with van der Waals surface area (Å²) < 4.78 is 5.24. The number of hydrogen-bond donors (Lipinski definition) is 1. The van der Waals surface area contributed by atoms with E-state index in [0.29, 0.717) is 18.0 Å². The molecule has 0 saturated heterocycles. The van der Waals surface area contributed by atoms with Crippen molar-refractivity contribution in [3.8, 4) is 5.75 Å². The molecule has 0 aliphatic carbocycles. The van der Waals surface area contributed by atoms with Crippen LogP contribution in [0.1, 0.15) is 5.56 Å². The van der Waals surface area contributed by atoms with Crippen molar-refractivity contribution in [1.82, 2.24) is 5.32 Å². The number of carbonyl (C=O) groups is 1. The summed E-state index contributed by atoms with van der Waals surface area (Å²) in [7, 11) is 0. The van der Waals surface area contributed by atoms with Crippen molar-refractivity contribution < 1.29 is 14.5 Å². The lowest BCUT2D eigenvalue weighted by Crippen LogP contribution is -2.30. The van der Waals surface area contributed by atoms with E-state index in [4.69, 9.17) is 16.3 Å². The summed E-state index contributed by atoms with van der Waals surface area (Å²) in [6.45, 7) is 0.278. The highest BCUT2D eigenvalue weighted by Gasteiger charge is 2.08. The molecule has 6 nitrogen and oxygen atoms in total. The zero-order valence-electron chi connectivity index (χ0n) is 12.2. The van der Waals surface area contributed by atoms with Gasteiger partial charge in [0.05, 0.1) is 11.0 Å². The van der Waals surface area contributed by atoms with E-state index in [2.05, 4.69) is 5.32 Å². The fraction of sp³-hybridized carbons (Fsp3) is 0.188. The van der Waals surface area contributed by atoms with E-state index < -0.39 is 4.92 Å². The van der Waals surface area contributed by atoms with E-state index in [-0.39, 0.29) is 24.0 Å². The topological polar surface area (TPSA) is 81.5 Å². The molecule has 2 aromatic carbocycles. The third-order valence-corrected chi connectivity index (χ3v) is 3.30. The highest BCUT2D eigenvalue weighted by molar-refractivity contribution is 6.30. The molecule has 0 fully saturated rings. The van der Waals surface area contributed by atoms with Crippen LogP contribution >= 0.6 is 11.6 Å². The van der Waals surface area contributed by atoms with Crippen molar-refractivity contribution in [2.45, 2.75) is 6.42 Å². The smallest absolute Gasteiger partial charge is 0.273 e. The molecule has 0 radical (unpaired) electrons. The maximum atomic E-state index is 11.7. The molecular formula is C16H15ClN2O4. The zero-order valence-corrected chi connectivity index (χ0v) is 13.0. The Kier molecular flexibility index (Phi) is 5.94. The number of benzene rings is 2. The predicted molar refractivity (Wildman–Crippen MR) is 86.8 cm³/mol. The van der Waals surface area contributed by atoms with Crippen molar-refractivity contribution >= 4 is 23.2 Å². The molecule has 1 amide bonds. The standard InChI is InChI=1S/C16H15ClN2O4/c17-13-6-4-12(5-7-13)8-9-18-16(20)11-23-15-3-1-2-14(10-15)19(21)22/h1-7,10H,8-9,11H2,(H,18,20). The van der Waals surface area contributed by atoms with Gasteiger partial charge in [0.15, 0.2) is 6.61 Å². The number of amides is 1. The molecule has 23 heavy (non-hydrogen) atoms. The molecule has 0 aromatic heterocycles. The van der Waals surface area contributed by atoms with E-state index in [1.54, 1.807) is 18.2 Å². The van der Waals surface area contributed by atoms with Crippen molar-refractivity contribution in [2.24, 2.45) is 0 Å². The summed E-state index contributed by atoms with van der Waals surface area (Å²) in [4.78, 5) is 21.8. The van der Waals surface area contributed by atoms with Crippen LogP contribution in [0.4, 0.5) is 5.69 Å². The minimum Gasteiger partial charge on any atom is -0.484 e. The number of non-ortho nitro benzene ring substituents is 1. The SMILES string of the molecule is O=C(COc1cccc([N+](=O)[O-])c1)NCCc1ccc(Cl)cc1. The average molecular weight is 335 g/mol. The van der Waals surface area contributed by atoms with Gasteiger partial charge >= 0.3 is 0 Å². The van der Waals surface area contributed by atoms with Crippen LogP contribution in [0.2, 0.25) is 5.02 Å². The minimum absolute atomic E-state index is 0.0781. The molecule has 2 aromatic rings. The highest BCUT2D eigenvalue weighted by Crippen LogP contribution is 2.18. The number of nitro benzene ring substituents is 1. The van der Waals surface area contributed by atoms with Crippen molar-refractivity contribution in [3.05, 3.63) is 69.2 Å². The molecule has 120 valence electrons. The molecule has 1 N–H and O–H groups in total. The van der Waals surface area contributed by atoms with Crippen molar-refractivity contribution in [1.29, 1.82) is 0 Å². The molecule has 2 rings (SSSR count). The van der Waals surface area contributed by atoms with E-state index >= 15 is 0 Å². The van der Waals surface area contributed by atoms with Gasteiger partial charge in [0.25, 0.3) is 11.6 Å². The summed E-state index contributed by atoms with van der Waals surface area (Å²) in [6.07, 6.45) is 0.680. The minimum atomic E-state index is -0.515. The van der Waals surface area contributed by atoms with Crippen LogP contribution in [-0.4, -0.2) is 24.0 Å². The maximum Gasteiger partial charge on any atom is 0.273 e. The first-order chi connectivity index (χ1) is 11.0. The van der Waals surface area contributed by atoms with Gasteiger partial charge < -0.3 is 10.1 Å². The first kappa shape index (κ1) is 16.8. The van der Waals surface area contributed by atoms with Crippen molar-refractivity contribution in [3.63, 3.8) is 0 Å². The van der Waals surface area contributed by atoms with Gasteiger partial charge in [-0.15, -0.1) is 0 Å². The van der Waals surface area contributed by atoms with Gasteiger partial charge in [-0.2, -0.15) is 0 Å². The summed E-state index contributed by atoms with van der Waals surface area (Å²) in [5.41, 5.74) is 0.986. The quantitative estimate of drug-likeness (QED) is 0.623. The number of rotatable bonds is 7. The Bertz CT molecular complexity index is 689. The maximum absolute atomic E-state index is 11.7. The molecule has 0 spiro atoms. The molecule has 0 aliphatic heterocycles. The molecule has 0 bridgehead atoms. The van der Waals surface area contributed by atoms with Crippen LogP contribution in [0.15, 0.2) is 48.5 Å². The summed E-state index contributed by atoms with van der Waals surface area (Å²) in [5, 5.41) is 14.0. The lowest BCUT2D eigenvalue weighted by atomic mass is 10.1. The fourth-order valence-electron chi connectivity index (χ4n) is 1.88. The molecule has 0 atom stereocenters. The van der Waals surface area contributed by atoms with Crippen LogP contribution in [0.3, 0.4) is 0 Å². The van der Waals surface area contributed by atoms with Gasteiger partial charge in [-0.3, -0.25) is 14.9 Å². The highest BCUT2D eigenvalue weighted by atomic mass is 35.5. The Balaban J connectivity index is 1.73. The summed E-state index contributed by atoms with van der Waals surface area (Å²) in [6, 6.07) is 13.1. The Morgan fingerprint density at radius 3 is 2.65 bits per heavy atom. The first-order valence-corrected chi connectivity index (χ1v) is 7.31. The van der Waals surface area contributed by atoms with Crippen LogP contribution in [0, 0.1) is 10.1 Å². The van der Waals surface area contributed by atoms with E-state index in [0.717, 1.165) is 5.56 Å². The van der Waals surface area contributed by atoms with Crippen LogP contribution in [0.5, 0.6) is 5.75 Å². The Labute approximate surface area is 138 Å². The lowest BCUT2D eigenvalue weighted by Gasteiger charge is -2.07. The second-order valence-corrected chi connectivity index (χ2v) is 5.21. The summed E-state index contributed by atoms with van der Waals surface area (Å²) >= 11 is 5.80. The van der Waals surface area contributed by atoms with Gasteiger partial charge in [-0.05, 0) is 30.2 Å². The lowest BCUT2D eigenvalue weighted by molar-refractivity contribution is -0.384. The Hall–Kier alpha value is -2.60. The largest absolute Gasteiger partial charge is 0.484 e. The van der Waals surface area contributed by atoms with Gasteiger partial charge in [0.1, 0.15) is 5.75 Å². The molecule has 0 heterocycles. The molecule has 0 saturated carbocycles. The van der Waals surface area contributed by atoms with Gasteiger partial charge in [0, 0.05) is 17.6 Å². The Morgan fingerprint density at radius 1 is 1.22 bits per heavy atom. The van der Waals surface area contributed by atoms with Gasteiger partial charge in [-0.1, -0.05) is 29.8 Å². The van der Waals surface area contributed by atoms with Crippen molar-refractivity contribution in [2.75, 3.05) is 13.2 Å². The molecule has 0 unspecified atom stereocenters. The number of nitrogens with one attached hydrogen (secondary N) is 1. The number of ether oxygens (including phenoxy) is 1. The molecule has 0 aliphatic rings. The van der Waals surface area contributed by atoms with E-state index in [1.165, 1.54) is 18.2 Å². The average Bonchev–Trinajstić information content (AvgIpc) is 2.55. The van der Waals surface area contributed by atoms with Crippen LogP contribution in [0.25, 0.3) is 0 Å². The number of nitro groups is 1. The number of halogens is 1. The Morgan fingerprint density at radius 2 is 1.96 bits per heavy atom. The fourth-order valence-corrected chi connectivity index (χ4v) is 2.01. The second kappa shape index (κ2) is 8.14. The monoisotopic (exact) mass is 334 g/mol. The van der Waals surface area contributed by atoms with Gasteiger partial charge in [0.2, 0.25) is 0 Å².